The number of hydrogen-bond donors (Lipinski definition) is 2. The smallest absolute Gasteiger partial charge is 0.328 e. The maximum Gasteiger partial charge on any atom is 0.328 e. The lowest BCUT2D eigenvalue weighted by atomic mass is 9.89. The Morgan fingerprint density at radius 1 is 1.25 bits per heavy atom. The second kappa shape index (κ2) is 5.94. The van der Waals surface area contributed by atoms with Crippen LogP contribution in [0.25, 0.3) is 0 Å². The molecule has 0 aliphatic carbocycles. The lowest BCUT2D eigenvalue weighted by molar-refractivity contribution is -0.163. The Balaban J connectivity index is 2.19. The zero-order chi connectivity index (χ0) is 14.6. The Morgan fingerprint density at radius 3 is 2.50 bits per heavy atom. The third-order valence-electron chi connectivity index (χ3n) is 3.33. The molecular formula is C16H24N2O2. The van der Waals surface area contributed by atoms with Gasteiger partial charge < -0.3 is 10.1 Å². The van der Waals surface area contributed by atoms with Gasteiger partial charge in [-0.2, -0.15) is 0 Å². The lowest BCUT2D eigenvalue weighted by Gasteiger charge is -2.38. The van der Waals surface area contributed by atoms with Crippen molar-refractivity contribution in [3.63, 3.8) is 0 Å². The molecule has 2 rings (SSSR count). The standard InChI is InChI=1S/C16H24N2O2/c1-15(2,3)20-14(19)16(12-17-9-10-18-16)11-13-7-5-4-6-8-13/h4-8,17-18H,9-12H2,1-3H3. The number of nitrogens with one attached hydrogen (secondary N) is 2. The van der Waals surface area contributed by atoms with Crippen LogP contribution in [-0.4, -0.2) is 36.7 Å². The van der Waals surface area contributed by atoms with E-state index in [1.165, 1.54) is 0 Å². The normalized spacial score (nSPS) is 23.4. The van der Waals surface area contributed by atoms with Crippen LogP contribution in [0.1, 0.15) is 26.3 Å². The van der Waals surface area contributed by atoms with Gasteiger partial charge in [-0.3, -0.25) is 5.32 Å². The molecule has 1 aliphatic heterocycles. The van der Waals surface area contributed by atoms with Gasteiger partial charge in [0, 0.05) is 26.1 Å². The van der Waals surface area contributed by atoms with Gasteiger partial charge in [0.15, 0.2) is 0 Å². The van der Waals surface area contributed by atoms with E-state index in [0.29, 0.717) is 13.0 Å². The van der Waals surface area contributed by atoms with Crippen LogP contribution in [0.5, 0.6) is 0 Å². The molecule has 1 saturated heterocycles. The van der Waals surface area contributed by atoms with Crippen LogP contribution in [-0.2, 0) is 16.0 Å². The molecule has 0 radical (unpaired) electrons. The summed E-state index contributed by atoms with van der Waals surface area (Å²) >= 11 is 0. The highest BCUT2D eigenvalue weighted by atomic mass is 16.6. The van der Waals surface area contributed by atoms with Gasteiger partial charge in [0.1, 0.15) is 11.1 Å². The summed E-state index contributed by atoms with van der Waals surface area (Å²) < 4.78 is 5.61. The van der Waals surface area contributed by atoms with Crippen LogP contribution in [0.15, 0.2) is 30.3 Å². The summed E-state index contributed by atoms with van der Waals surface area (Å²) in [6.45, 7) is 7.94. The minimum absolute atomic E-state index is 0.180. The molecule has 110 valence electrons. The lowest BCUT2D eigenvalue weighted by Crippen LogP contribution is -2.66. The number of hydrogen-bond acceptors (Lipinski definition) is 4. The molecule has 0 saturated carbocycles. The molecule has 0 amide bonds. The van der Waals surface area contributed by atoms with Crippen molar-refractivity contribution >= 4 is 5.97 Å². The summed E-state index contributed by atoms with van der Waals surface area (Å²) in [6, 6.07) is 10.1. The average molecular weight is 276 g/mol. The van der Waals surface area contributed by atoms with Gasteiger partial charge in [-0.15, -0.1) is 0 Å². The van der Waals surface area contributed by atoms with E-state index in [1.807, 2.05) is 51.1 Å². The van der Waals surface area contributed by atoms with E-state index >= 15 is 0 Å². The molecule has 0 spiro atoms. The van der Waals surface area contributed by atoms with Gasteiger partial charge in [0.2, 0.25) is 0 Å². The number of piperazine rings is 1. The molecule has 1 heterocycles. The quantitative estimate of drug-likeness (QED) is 0.822. The maximum absolute atomic E-state index is 12.6. The van der Waals surface area contributed by atoms with Gasteiger partial charge in [-0.1, -0.05) is 30.3 Å². The number of ether oxygens (including phenoxy) is 1. The van der Waals surface area contributed by atoms with Crippen molar-refractivity contribution in [1.29, 1.82) is 0 Å². The minimum atomic E-state index is -0.674. The van der Waals surface area contributed by atoms with E-state index in [2.05, 4.69) is 10.6 Å². The van der Waals surface area contributed by atoms with Gasteiger partial charge in [0.05, 0.1) is 0 Å². The zero-order valence-corrected chi connectivity index (χ0v) is 12.5. The van der Waals surface area contributed by atoms with E-state index in [4.69, 9.17) is 4.74 Å². The predicted octanol–water partition coefficient (Wildman–Crippen LogP) is 1.50. The molecule has 0 bridgehead atoms. The Bertz CT molecular complexity index is 445. The van der Waals surface area contributed by atoms with Crippen LogP contribution in [0.2, 0.25) is 0 Å². The third kappa shape index (κ3) is 3.81. The van der Waals surface area contributed by atoms with Gasteiger partial charge >= 0.3 is 5.97 Å². The molecule has 1 aliphatic rings. The van der Waals surface area contributed by atoms with Crippen LogP contribution in [0.4, 0.5) is 0 Å². The minimum Gasteiger partial charge on any atom is -0.459 e. The molecular weight excluding hydrogens is 252 g/mol. The Kier molecular flexibility index (Phi) is 4.45. The van der Waals surface area contributed by atoms with Crippen molar-refractivity contribution in [2.75, 3.05) is 19.6 Å². The molecule has 2 N–H and O–H groups in total. The second-order valence-corrected chi connectivity index (χ2v) is 6.35. The Labute approximate surface area is 120 Å². The predicted molar refractivity (Wildman–Crippen MR) is 79.6 cm³/mol. The largest absolute Gasteiger partial charge is 0.459 e. The molecule has 4 nitrogen and oxygen atoms in total. The molecule has 1 atom stereocenters. The SMILES string of the molecule is CC(C)(C)OC(=O)C1(Cc2ccccc2)CNCCN1. The zero-order valence-electron chi connectivity index (χ0n) is 12.5. The molecule has 1 unspecified atom stereocenters. The highest BCUT2D eigenvalue weighted by molar-refractivity contribution is 5.82. The fourth-order valence-corrected chi connectivity index (χ4v) is 2.42. The first kappa shape index (κ1) is 15.0. The molecule has 20 heavy (non-hydrogen) atoms. The van der Waals surface area contributed by atoms with Crippen molar-refractivity contribution in [2.24, 2.45) is 0 Å². The summed E-state index contributed by atoms with van der Waals surface area (Å²) in [6.07, 6.45) is 0.635. The van der Waals surface area contributed by atoms with Gasteiger partial charge in [-0.05, 0) is 26.3 Å². The van der Waals surface area contributed by atoms with Gasteiger partial charge in [-0.25, -0.2) is 4.79 Å². The van der Waals surface area contributed by atoms with Crippen molar-refractivity contribution in [3.8, 4) is 0 Å². The summed E-state index contributed by atoms with van der Waals surface area (Å²) in [4.78, 5) is 12.6. The van der Waals surface area contributed by atoms with E-state index < -0.39 is 11.1 Å². The van der Waals surface area contributed by atoms with Crippen molar-refractivity contribution in [2.45, 2.75) is 38.3 Å². The molecule has 4 heteroatoms. The van der Waals surface area contributed by atoms with Crippen LogP contribution in [0, 0.1) is 0 Å². The first-order chi connectivity index (χ1) is 9.41. The maximum atomic E-state index is 12.6. The fraction of sp³-hybridized carbons (Fsp3) is 0.562. The fourth-order valence-electron chi connectivity index (χ4n) is 2.42. The summed E-state index contributed by atoms with van der Waals surface area (Å²) in [7, 11) is 0. The van der Waals surface area contributed by atoms with Gasteiger partial charge in [0.25, 0.3) is 0 Å². The second-order valence-electron chi connectivity index (χ2n) is 6.35. The topological polar surface area (TPSA) is 50.4 Å². The highest BCUT2D eigenvalue weighted by Gasteiger charge is 2.42. The number of carbonyl (C=O) groups excluding carboxylic acids is 1. The number of benzene rings is 1. The summed E-state index contributed by atoms with van der Waals surface area (Å²) in [5.41, 5.74) is -0.0122. The van der Waals surface area contributed by atoms with E-state index in [1.54, 1.807) is 0 Å². The molecule has 0 aromatic heterocycles. The van der Waals surface area contributed by atoms with Crippen LogP contribution in [0.3, 0.4) is 0 Å². The monoisotopic (exact) mass is 276 g/mol. The first-order valence-corrected chi connectivity index (χ1v) is 7.14. The Morgan fingerprint density at radius 2 is 1.95 bits per heavy atom. The number of rotatable bonds is 3. The highest BCUT2D eigenvalue weighted by Crippen LogP contribution is 2.20. The van der Waals surface area contributed by atoms with E-state index in [-0.39, 0.29) is 5.97 Å². The van der Waals surface area contributed by atoms with Crippen molar-refractivity contribution in [3.05, 3.63) is 35.9 Å². The van der Waals surface area contributed by atoms with Crippen LogP contribution < -0.4 is 10.6 Å². The van der Waals surface area contributed by atoms with Crippen molar-refractivity contribution in [1.82, 2.24) is 10.6 Å². The van der Waals surface area contributed by atoms with Crippen LogP contribution >= 0.6 is 0 Å². The first-order valence-electron chi connectivity index (χ1n) is 7.14. The average Bonchev–Trinajstić information content (AvgIpc) is 2.39. The van der Waals surface area contributed by atoms with E-state index in [0.717, 1.165) is 18.7 Å². The molecule has 1 aromatic rings. The number of esters is 1. The number of carbonyl (C=O) groups is 1. The third-order valence-corrected chi connectivity index (χ3v) is 3.33. The molecule has 1 aromatic carbocycles. The summed E-state index contributed by atoms with van der Waals surface area (Å²) in [5, 5.41) is 6.67. The summed E-state index contributed by atoms with van der Waals surface area (Å²) in [5.74, 6) is -0.180. The van der Waals surface area contributed by atoms with E-state index in [9.17, 15) is 4.79 Å². The Hall–Kier alpha value is -1.39. The molecule has 1 fully saturated rings. The van der Waals surface area contributed by atoms with Crippen molar-refractivity contribution < 1.29 is 9.53 Å².